The molecule has 2 aromatic carbocycles. The molecule has 2 N–H and O–H groups in total. The van der Waals surface area contributed by atoms with Crippen molar-refractivity contribution < 1.29 is 9.59 Å². The molecule has 4 nitrogen and oxygen atoms in total. The van der Waals surface area contributed by atoms with Crippen molar-refractivity contribution in [3.8, 4) is 0 Å². The monoisotopic (exact) mass is 332 g/mol. The third-order valence-corrected chi connectivity index (χ3v) is 4.70. The number of benzene rings is 2. The lowest BCUT2D eigenvalue weighted by Gasteiger charge is -2.22. The molecular weight excluding hydrogens is 320 g/mol. The van der Waals surface area contributed by atoms with Crippen LogP contribution in [-0.2, 0) is 4.79 Å². The van der Waals surface area contributed by atoms with Gasteiger partial charge in [0.2, 0.25) is 5.91 Å². The molecule has 1 unspecified atom stereocenters. The number of hydrogen-bond acceptors (Lipinski definition) is 3. The SMILES string of the molecule is CC1Sc2ccc(NC(=O)c3ccc(Cl)cc3)cc2NC1=O. The van der Waals surface area contributed by atoms with E-state index in [1.807, 2.05) is 19.1 Å². The summed E-state index contributed by atoms with van der Waals surface area (Å²) < 4.78 is 0. The first kappa shape index (κ1) is 14.9. The maximum Gasteiger partial charge on any atom is 0.255 e. The molecule has 1 heterocycles. The molecule has 0 aliphatic carbocycles. The predicted octanol–water partition coefficient (Wildman–Crippen LogP) is 4.03. The van der Waals surface area contributed by atoms with E-state index in [0.717, 1.165) is 10.6 Å². The van der Waals surface area contributed by atoms with Crippen LogP contribution in [-0.4, -0.2) is 17.1 Å². The molecule has 0 aromatic heterocycles. The highest BCUT2D eigenvalue weighted by molar-refractivity contribution is 8.00. The minimum Gasteiger partial charge on any atom is -0.324 e. The first-order valence-corrected chi connectivity index (χ1v) is 7.97. The molecule has 0 radical (unpaired) electrons. The van der Waals surface area contributed by atoms with E-state index in [4.69, 9.17) is 11.6 Å². The Morgan fingerprint density at radius 2 is 1.95 bits per heavy atom. The van der Waals surface area contributed by atoms with E-state index >= 15 is 0 Å². The zero-order valence-electron chi connectivity index (χ0n) is 11.7. The second-order valence-electron chi connectivity index (χ2n) is 4.92. The van der Waals surface area contributed by atoms with Gasteiger partial charge in [-0.15, -0.1) is 11.8 Å². The summed E-state index contributed by atoms with van der Waals surface area (Å²) in [6.07, 6.45) is 0. The van der Waals surface area contributed by atoms with Crippen LogP contribution in [0.25, 0.3) is 0 Å². The van der Waals surface area contributed by atoms with Gasteiger partial charge in [0.15, 0.2) is 0 Å². The number of halogens is 1. The lowest BCUT2D eigenvalue weighted by atomic mass is 10.2. The van der Waals surface area contributed by atoms with E-state index in [9.17, 15) is 9.59 Å². The fourth-order valence-electron chi connectivity index (χ4n) is 2.09. The summed E-state index contributed by atoms with van der Waals surface area (Å²) in [5.74, 6) is -0.251. The Kier molecular flexibility index (Phi) is 4.09. The Bertz CT molecular complexity index is 746. The average Bonchev–Trinajstić information content (AvgIpc) is 2.49. The van der Waals surface area contributed by atoms with Crippen molar-refractivity contribution in [3.63, 3.8) is 0 Å². The van der Waals surface area contributed by atoms with Crippen LogP contribution in [0.5, 0.6) is 0 Å². The lowest BCUT2D eigenvalue weighted by molar-refractivity contribution is -0.115. The summed E-state index contributed by atoms with van der Waals surface area (Å²) in [6.45, 7) is 1.86. The topological polar surface area (TPSA) is 58.2 Å². The molecular formula is C16H13ClN2O2S. The van der Waals surface area contributed by atoms with Gasteiger partial charge in [-0.05, 0) is 49.4 Å². The van der Waals surface area contributed by atoms with Crippen LogP contribution in [0.15, 0.2) is 47.4 Å². The maximum absolute atomic E-state index is 12.2. The molecule has 1 aliphatic rings. The standard InChI is InChI=1S/C16H13ClN2O2S/c1-9-15(20)19-13-8-12(6-7-14(13)22-9)18-16(21)10-2-4-11(17)5-3-10/h2-9H,1H3,(H,18,21)(H,19,20). The van der Waals surface area contributed by atoms with Gasteiger partial charge in [0, 0.05) is 21.2 Å². The molecule has 3 rings (SSSR count). The summed E-state index contributed by atoms with van der Waals surface area (Å²) in [4.78, 5) is 24.9. The minimum atomic E-state index is -0.222. The van der Waals surface area contributed by atoms with Gasteiger partial charge >= 0.3 is 0 Å². The third kappa shape index (κ3) is 3.10. The van der Waals surface area contributed by atoms with Crippen molar-refractivity contribution in [2.75, 3.05) is 10.6 Å². The van der Waals surface area contributed by atoms with Gasteiger partial charge in [-0.3, -0.25) is 9.59 Å². The summed E-state index contributed by atoms with van der Waals surface area (Å²) in [7, 11) is 0. The Morgan fingerprint density at radius 1 is 1.23 bits per heavy atom. The van der Waals surface area contributed by atoms with Gasteiger partial charge in [-0.1, -0.05) is 11.6 Å². The highest BCUT2D eigenvalue weighted by Gasteiger charge is 2.23. The predicted molar refractivity (Wildman–Crippen MR) is 89.8 cm³/mol. The van der Waals surface area contributed by atoms with Crippen molar-refractivity contribution in [2.24, 2.45) is 0 Å². The Hall–Kier alpha value is -1.98. The van der Waals surface area contributed by atoms with E-state index < -0.39 is 0 Å². The third-order valence-electron chi connectivity index (χ3n) is 3.27. The number of thioether (sulfide) groups is 1. The van der Waals surface area contributed by atoms with Crippen LogP contribution in [0.3, 0.4) is 0 Å². The van der Waals surface area contributed by atoms with Crippen LogP contribution in [0.4, 0.5) is 11.4 Å². The summed E-state index contributed by atoms with van der Waals surface area (Å²) in [5, 5.41) is 6.13. The van der Waals surface area contributed by atoms with Gasteiger partial charge in [0.25, 0.3) is 5.91 Å². The van der Waals surface area contributed by atoms with Gasteiger partial charge < -0.3 is 10.6 Å². The molecule has 1 atom stereocenters. The first-order chi connectivity index (χ1) is 10.5. The molecule has 0 spiro atoms. The second-order valence-corrected chi connectivity index (χ2v) is 6.74. The van der Waals surface area contributed by atoms with Gasteiger partial charge in [0.1, 0.15) is 0 Å². The molecule has 22 heavy (non-hydrogen) atoms. The number of nitrogens with one attached hydrogen (secondary N) is 2. The zero-order chi connectivity index (χ0) is 15.7. The number of carbonyl (C=O) groups excluding carboxylic acids is 2. The van der Waals surface area contributed by atoms with E-state index in [-0.39, 0.29) is 17.1 Å². The number of carbonyl (C=O) groups is 2. The first-order valence-electron chi connectivity index (χ1n) is 6.71. The molecule has 112 valence electrons. The van der Waals surface area contributed by atoms with Crippen LogP contribution in [0.2, 0.25) is 5.02 Å². The van der Waals surface area contributed by atoms with E-state index in [1.54, 1.807) is 30.3 Å². The normalized spacial score (nSPS) is 16.6. The average molecular weight is 333 g/mol. The summed E-state index contributed by atoms with van der Waals surface area (Å²) in [6, 6.07) is 12.1. The summed E-state index contributed by atoms with van der Waals surface area (Å²) in [5.41, 5.74) is 1.88. The van der Waals surface area contributed by atoms with Crippen molar-refractivity contribution in [2.45, 2.75) is 17.1 Å². The van der Waals surface area contributed by atoms with Crippen LogP contribution < -0.4 is 10.6 Å². The Morgan fingerprint density at radius 3 is 2.68 bits per heavy atom. The highest BCUT2D eigenvalue weighted by atomic mass is 35.5. The van der Waals surface area contributed by atoms with Crippen LogP contribution in [0.1, 0.15) is 17.3 Å². The Balaban J connectivity index is 1.79. The van der Waals surface area contributed by atoms with E-state index in [1.165, 1.54) is 11.8 Å². The number of rotatable bonds is 2. The van der Waals surface area contributed by atoms with Crippen LogP contribution >= 0.6 is 23.4 Å². The number of amides is 2. The number of hydrogen-bond donors (Lipinski definition) is 2. The lowest BCUT2D eigenvalue weighted by Crippen LogP contribution is -2.26. The van der Waals surface area contributed by atoms with Crippen LogP contribution in [0, 0.1) is 0 Å². The second kappa shape index (κ2) is 6.02. The molecule has 0 saturated heterocycles. The fourth-order valence-corrected chi connectivity index (χ4v) is 3.15. The highest BCUT2D eigenvalue weighted by Crippen LogP contribution is 2.37. The van der Waals surface area contributed by atoms with Gasteiger partial charge in [-0.2, -0.15) is 0 Å². The van der Waals surface area contributed by atoms with Gasteiger partial charge in [0.05, 0.1) is 10.9 Å². The Labute approximate surface area is 137 Å². The molecule has 6 heteroatoms. The summed E-state index contributed by atoms with van der Waals surface area (Å²) >= 11 is 7.31. The quantitative estimate of drug-likeness (QED) is 0.873. The smallest absolute Gasteiger partial charge is 0.255 e. The molecule has 2 aromatic rings. The minimum absolute atomic E-state index is 0.0290. The van der Waals surface area contributed by atoms with E-state index in [2.05, 4.69) is 10.6 Å². The maximum atomic E-state index is 12.2. The molecule has 1 aliphatic heterocycles. The van der Waals surface area contributed by atoms with Gasteiger partial charge in [-0.25, -0.2) is 0 Å². The van der Waals surface area contributed by atoms with Crippen molar-refractivity contribution in [1.82, 2.24) is 0 Å². The van der Waals surface area contributed by atoms with E-state index in [0.29, 0.717) is 16.3 Å². The largest absolute Gasteiger partial charge is 0.324 e. The number of fused-ring (bicyclic) bond motifs is 1. The molecule has 0 saturated carbocycles. The molecule has 0 bridgehead atoms. The zero-order valence-corrected chi connectivity index (χ0v) is 13.3. The molecule has 2 amide bonds. The fraction of sp³-hybridized carbons (Fsp3) is 0.125. The van der Waals surface area contributed by atoms with Crippen molar-refractivity contribution >= 4 is 46.6 Å². The molecule has 0 fully saturated rings. The number of anilines is 2. The van der Waals surface area contributed by atoms with Crippen molar-refractivity contribution in [3.05, 3.63) is 53.1 Å². The van der Waals surface area contributed by atoms with Crippen molar-refractivity contribution in [1.29, 1.82) is 0 Å².